The molecule has 2 N–H and O–H groups in total. The summed E-state index contributed by atoms with van der Waals surface area (Å²) in [6.45, 7) is 8.27. The average molecular weight is 500 g/mol. The Labute approximate surface area is 216 Å². The first-order chi connectivity index (χ1) is 17.0. The lowest BCUT2D eigenvalue weighted by molar-refractivity contribution is -0.119. The number of hydrogen-bond acceptors (Lipinski definition) is 5. The summed E-state index contributed by atoms with van der Waals surface area (Å²) in [4.78, 5) is 16.5. The molecule has 6 nitrogen and oxygen atoms in total. The molecule has 1 aliphatic carbocycles. The lowest BCUT2D eigenvalue weighted by Gasteiger charge is -2.35. The second-order valence-corrected chi connectivity index (χ2v) is 11.4. The normalized spacial score (nSPS) is 24.7. The number of benzene rings is 1. The molecule has 1 aromatic carbocycles. The molecule has 4 aliphatic rings. The molecule has 3 heterocycles. The van der Waals surface area contributed by atoms with Crippen molar-refractivity contribution in [3.8, 4) is 0 Å². The topological polar surface area (TPSA) is 50.9 Å². The van der Waals surface area contributed by atoms with Gasteiger partial charge in [0.1, 0.15) is 0 Å². The van der Waals surface area contributed by atoms with Crippen LogP contribution in [0.5, 0.6) is 0 Å². The maximum Gasteiger partial charge on any atom is 0.217 e. The SMILES string of the molecule is CC(=O)NC1CCN(CC2NN(CCC3CCN(c4cccc(Cl)c4)CC3)C3=C2CCCC3)CC1. The summed E-state index contributed by atoms with van der Waals surface area (Å²) in [5.41, 5.74) is 8.47. The minimum Gasteiger partial charge on any atom is -0.371 e. The Balaban J connectivity index is 1.10. The maximum atomic E-state index is 11.4. The van der Waals surface area contributed by atoms with Gasteiger partial charge in [-0.05, 0) is 87.5 Å². The molecule has 0 bridgehead atoms. The third kappa shape index (κ3) is 6.33. The summed E-state index contributed by atoms with van der Waals surface area (Å²) in [7, 11) is 0. The van der Waals surface area contributed by atoms with Gasteiger partial charge in [-0.25, -0.2) is 5.43 Å². The van der Waals surface area contributed by atoms with Gasteiger partial charge in [-0.3, -0.25) is 4.79 Å². The van der Waals surface area contributed by atoms with Crippen molar-refractivity contribution >= 4 is 23.2 Å². The summed E-state index contributed by atoms with van der Waals surface area (Å²) in [5.74, 6) is 0.899. The molecule has 7 heteroatoms. The smallest absolute Gasteiger partial charge is 0.217 e. The van der Waals surface area contributed by atoms with Gasteiger partial charge < -0.3 is 20.1 Å². The van der Waals surface area contributed by atoms with Crippen LogP contribution in [-0.2, 0) is 4.79 Å². The van der Waals surface area contributed by atoms with E-state index in [4.69, 9.17) is 11.6 Å². The first kappa shape index (κ1) is 24.9. The van der Waals surface area contributed by atoms with E-state index in [1.54, 1.807) is 18.2 Å². The fourth-order valence-corrected chi connectivity index (χ4v) is 6.75. The van der Waals surface area contributed by atoms with Gasteiger partial charge in [-0.2, -0.15) is 0 Å². The zero-order valence-electron chi connectivity index (χ0n) is 21.3. The molecule has 1 aromatic rings. The van der Waals surface area contributed by atoms with E-state index in [9.17, 15) is 4.79 Å². The second kappa shape index (κ2) is 11.5. The van der Waals surface area contributed by atoms with Crippen LogP contribution >= 0.6 is 11.6 Å². The maximum absolute atomic E-state index is 11.4. The number of carbonyl (C=O) groups excluding carboxylic acids is 1. The number of amides is 1. The number of nitrogens with one attached hydrogen (secondary N) is 2. The van der Waals surface area contributed by atoms with Crippen molar-refractivity contribution < 1.29 is 4.79 Å². The Morgan fingerprint density at radius 1 is 1.09 bits per heavy atom. The lowest BCUT2D eigenvalue weighted by atomic mass is 9.91. The van der Waals surface area contributed by atoms with Crippen LogP contribution < -0.4 is 15.6 Å². The third-order valence-corrected chi connectivity index (χ3v) is 8.76. The van der Waals surface area contributed by atoms with Crippen molar-refractivity contribution in [2.75, 3.05) is 44.2 Å². The molecular formula is C28H42ClN5O. The Kier molecular flexibility index (Phi) is 8.21. The van der Waals surface area contributed by atoms with Crippen molar-refractivity contribution in [2.45, 2.75) is 76.8 Å². The van der Waals surface area contributed by atoms with E-state index >= 15 is 0 Å². The quantitative estimate of drug-likeness (QED) is 0.575. The van der Waals surface area contributed by atoms with E-state index < -0.39 is 0 Å². The zero-order valence-corrected chi connectivity index (χ0v) is 22.0. The molecule has 3 aliphatic heterocycles. The third-order valence-electron chi connectivity index (χ3n) is 8.52. The van der Waals surface area contributed by atoms with Gasteiger partial charge in [0.05, 0.1) is 6.04 Å². The van der Waals surface area contributed by atoms with Gasteiger partial charge >= 0.3 is 0 Å². The molecule has 1 unspecified atom stereocenters. The number of anilines is 1. The molecule has 2 saturated heterocycles. The number of hydrazine groups is 1. The summed E-state index contributed by atoms with van der Waals surface area (Å²) in [6.07, 6.45) is 11.1. The van der Waals surface area contributed by atoms with E-state index in [1.165, 1.54) is 50.6 Å². The van der Waals surface area contributed by atoms with Crippen LogP contribution in [0.1, 0.15) is 64.7 Å². The predicted molar refractivity (Wildman–Crippen MR) is 143 cm³/mol. The monoisotopic (exact) mass is 499 g/mol. The number of carbonyl (C=O) groups is 1. The Morgan fingerprint density at radius 3 is 2.60 bits per heavy atom. The van der Waals surface area contributed by atoms with Crippen LogP contribution in [0.25, 0.3) is 0 Å². The number of hydrogen-bond donors (Lipinski definition) is 2. The van der Waals surface area contributed by atoms with Crippen molar-refractivity contribution in [3.63, 3.8) is 0 Å². The zero-order chi connectivity index (χ0) is 24.2. The van der Waals surface area contributed by atoms with E-state index in [2.05, 4.69) is 43.8 Å². The van der Waals surface area contributed by atoms with E-state index in [0.717, 1.165) is 63.1 Å². The Morgan fingerprint density at radius 2 is 1.86 bits per heavy atom. The fourth-order valence-electron chi connectivity index (χ4n) is 6.56. The van der Waals surface area contributed by atoms with Gasteiger partial charge in [0.25, 0.3) is 0 Å². The molecule has 35 heavy (non-hydrogen) atoms. The molecule has 5 rings (SSSR count). The van der Waals surface area contributed by atoms with Gasteiger partial charge in [0.15, 0.2) is 0 Å². The lowest BCUT2D eigenvalue weighted by Crippen LogP contribution is -2.49. The van der Waals surface area contributed by atoms with Gasteiger partial charge in [-0.1, -0.05) is 17.7 Å². The van der Waals surface area contributed by atoms with Crippen molar-refractivity contribution in [2.24, 2.45) is 5.92 Å². The van der Waals surface area contributed by atoms with Gasteiger partial charge in [0, 0.05) is 68.6 Å². The van der Waals surface area contributed by atoms with Crippen molar-refractivity contribution in [3.05, 3.63) is 40.6 Å². The summed E-state index contributed by atoms with van der Waals surface area (Å²) in [5, 5.41) is 6.46. The molecule has 0 spiro atoms. The highest BCUT2D eigenvalue weighted by Crippen LogP contribution is 2.35. The number of halogens is 1. The molecule has 0 radical (unpaired) electrons. The Bertz CT molecular complexity index is 904. The van der Waals surface area contributed by atoms with Crippen molar-refractivity contribution in [1.82, 2.24) is 20.7 Å². The van der Waals surface area contributed by atoms with Crippen molar-refractivity contribution in [1.29, 1.82) is 0 Å². The minimum atomic E-state index is 0.101. The molecule has 1 amide bonds. The van der Waals surface area contributed by atoms with E-state index in [1.807, 2.05) is 6.07 Å². The largest absolute Gasteiger partial charge is 0.371 e. The number of nitrogens with zero attached hydrogens (tertiary/aromatic N) is 3. The molecule has 0 aromatic heterocycles. The van der Waals surface area contributed by atoms with Crippen LogP contribution in [0, 0.1) is 5.92 Å². The summed E-state index contributed by atoms with van der Waals surface area (Å²) in [6, 6.07) is 9.10. The highest BCUT2D eigenvalue weighted by molar-refractivity contribution is 6.30. The average Bonchev–Trinajstić information content (AvgIpc) is 3.21. The first-order valence-electron chi connectivity index (χ1n) is 13.8. The summed E-state index contributed by atoms with van der Waals surface area (Å²) < 4.78 is 0. The number of piperidine rings is 2. The fraction of sp³-hybridized carbons (Fsp3) is 0.679. The standard InChI is InChI=1S/C28H42ClN5O/c1-21(35)30-24-12-14-32(15-13-24)20-27-26-7-2-3-8-28(26)34(31-27)18-11-22-9-16-33(17-10-22)25-6-4-5-23(29)19-25/h4-6,19,22,24,27,31H,2-3,7-18,20H2,1H3,(H,30,35). The van der Waals surface area contributed by atoms with E-state index in [-0.39, 0.29) is 5.91 Å². The molecule has 1 atom stereocenters. The van der Waals surface area contributed by atoms with Crippen LogP contribution in [0.3, 0.4) is 0 Å². The van der Waals surface area contributed by atoms with Gasteiger partial charge in [-0.15, -0.1) is 0 Å². The second-order valence-electron chi connectivity index (χ2n) is 11.0. The van der Waals surface area contributed by atoms with Gasteiger partial charge in [0.2, 0.25) is 5.91 Å². The van der Waals surface area contributed by atoms with Crippen LogP contribution in [0.15, 0.2) is 35.5 Å². The predicted octanol–water partition coefficient (Wildman–Crippen LogP) is 4.56. The highest BCUT2D eigenvalue weighted by Gasteiger charge is 2.34. The first-order valence-corrected chi connectivity index (χ1v) is 14.2. The molecule has 192 valence electrons. The Hall–Kier alpha value is -1.76. The number of rotatable bonds is 7. The highest BCUT2D eigenvalue weighted by atomic mass is 35.5. The molecular weight excluding hydrogens is 458 g/mol. The molecule has 0 saturated carbocycles. The van der Waals surface area contributed by atoms with Crippen LogP contribution in [0.4, 0.5) is 5.69 Å². The van der Waals surface area contributed by atoms with Crippen LogP contribution in [-0.4, -0.2) is 67.2 Å². The minimum absolute atomic E-state index is 0.101. The number of allylic oxidation sites excluding steroid dienone is 1. The van der Waals surface area contributed by atoms with E-state index in [0.29, 0.717) is 12.1 Å². The number of likely N-dealkylation sites (tertiary alicyclic amines) is 1. The van der Waals surface area contributed by atoms with Crippen LogP contribution in [0.2, 0.25) is 5.02 Å². The molecule has 2 fully saturated rings. The summed E-state index contributed by atoms with van der Waals surface area (Å²) >= 11 is 6.21.